The Labute approximate surface area is 167 Å². The van der Waals surface area contributed by atoms with Crippen molar-refractivity contribution in [3.63, 3.8) is 0 Å². The molecule has 0 unspecified atom stereocenters. The normalized spacial score (nSPS) is 15.1. The summed E-state index contributed by atoms with van der Waals surface area (Å²) in [5.41, 5.74) is 1.82. The van der Waals surface area contributed by atoms with E-state index in [4.69, 9.17) is 4.98 Å². The molecule has 4 rings (SSSR count). The minimum absolute atomic E-state index is 0.0664. The van der Waals surface area contributed by atoms with Crippen molar-refractivity contribution in [3.05, 3.63) is 34.7 Å². The van der Waals surface area contributed by atoms with Crippen molar-refractivity contribution in [2.24, 2.45) is 5.92 Å². The van der Waals surface area contributed by atoms with Crippen molar-refractivity contribution >= 4 is 34.4 Å². The average molecular weight is 401 g/mol. The average Bonchev–Trinajstić information content (AvgIpc) is 3.41. The summed E-state index contributed by atoms with van der Waals surface area (Å²) in [5.74, 6) is 1.48. The van der Waals surface area contributed by atoms with E-state index in [1.165, 1.54) is 43.4 Å². The monoisotopic (exact) mass is 400 g/mol. The zero-order chi connectivity index (χ0) is 18.6. The number of nitrogens with zero attached hydrogens (tertiary/aromatic N) is 3. The van der Waals surface area contributed by atoms with Crippen LogP contribution in [0.5, 0.6) is 0 Å². The first-order chi connectivity index (χ1) is 13.2. The summed E-state index contributed by atoms with van der Waals surface area (Å²) in [5, 5.41) is 12.4. The summed E-state index contributed by atoms with van der Waals surface area (Å²) in [4.78, 5) is 18.3. The molecule has 0 aliphatic heterocycles. The molecule has 0 bridgehead atoms. The molecule has 0 saturated heterocycles. The number of aromatic nitrogens is 3. The Morgan fingerprint density at radius 2 is 2.15 bits per heavy atom. The summed E-state index contributed by atoms with van der Waals surface area (Å²) >= 11 is 3.21. The maximum absolute atomic E-state index is 12.5. The van der Waals surface area contributed by atoms with E-state index in [9.17, 15) is 4.79 Å². The number of thiazole rings is 1. The van der Waals surface area contributed by atoms with Crippen LogP contribution in [0.2, 0.25) is 0 Å². The van der Waals surface area contributed by atoms with Gasteiger partial charge in [-0.3, -0.25) is 4.79 Å². The number of hydrogen-bond donors (Lipinski definition) is 1. The van der Waals surface area contributed by atoms with Crippen LogP contribution in [0.3, 0.4) is 0 Å². The minimum atomic E-state index is 0.0664. The lowest BCUT2D eigenvalue weighted by Gasteiger charge is -2.20. The quantitative estimate of drug-likeness (QED) is 0.580. The van der Waals surface area contributed by atoms with E-state index >= 15 is 0 Å². The lowest BCUT2D eigenvalue weighted by molar-refractivity contribution is -0.116. The fourth-order valence-electron chi connectivity index (χ4n) is 3.65. The first kappa shape index (κ1) is 18.4. The molecule has 1 aliphatic rings. The molecule has 0 atom stereocenters. The predicted molar refractivity (Wildman–Crippen MR) is 112 cm³/mol. The van der Waals surface area contributed by atoms with Crippen molar-refractivity contribution < 1.29 is 4.79 Å². The van der Waals surface area contributed by atoms with Crippen LogP contribution in [-0.2, 0) is 4.79 Å². The van der Waals surface area contributed by atoms with Gasteiger partial charge in [-0.1, -0.05) is 38.2 Å². The van der Waals surface area contributed by atoms with E-state index in [0.29, 0.717) is 18.2 Å². The lowest BCUT2D eigenvalue weighted by atomic mass is 9.86. The molecule has 142 valence electrons. The van der Waals surface area contributed by atoms with Crippen LogP contribution in [0.25, 0.3) is 15.7 Å². The van der Waals surface area contributed by atoms with Gasteiger partial charge in [0.05, 0.1) is 16.3 Å². The molecule has 5 nitrogen and oxygen atoms in total. The molecule has 1 amide bonds. The molecular weight excluding hydrogens is 376 g/mol. The van der Waals surface area contributed by atoms with Crippen LogP contribution in [0.4, 0.5) is 5.82 Å². The van der Waals surface area contributed by atoms with Gasteiger partial charge in [0.2, 0.25) is 11.0 Å². The van der Waals surface area contributed by atoms with Crippen LogP contribution in [0.1, 0.15) is 50.6 Å². The highest BCUT2D eigenvalue weighted by Crippen LogP contribution is 2.30. The molecule has 1 aliphatic carbocycles. The van der Waals surface area contributed by atoms with E-state index in [1.807, 2.05) is 29.8 Å². The molecule has 0 radical (unpaired) electrons. The molecular formula is C20H24N4OS2. The van der Waals surface area contributed by atoms with Crippen LogP contribution in [0, 0.1) is 12.8 Å². The van der Waals surface area contributed by atoms with Crippen molar-refractivity contribution in [1.29, 1.82) is 0 Å². The second kappa shape index (κ2) is 8.35. The standard InChI is InChI=1S/C20H24N4OS2/c1-14-12-18(22-19(25)10-9-15-6-3-2-4-7-15)24(23-14)20-21-16(13-27-20)17-8-5-11-26-17/h5,8,11-13,15H,2-4,6-7,9-10H2,1H3,(H,22,25). The number of aryl methyl sites for hydroxylation is 1. The van der Waals surface area contributed by atoms with Gasteiger partial charge in [0, 0.05) is 17.9 Å². The van der Waals surface area contributed by atoms with Crippen molar-refractivity contribution in [2.75, 3.05) is 5.32 Å². The van der Waals surface area contributed by atoms with Gasteiger partial charge in [0.15, 0.2) is 0 Å². The van der Waals surface area contributed by atoms with Gasteiger partial charge in [0.1, 0.15) is 5.82 Å². The maximum Gasteiger partial charge on any atom is 0.225 e. The van der Waals surface area contributed by atoms with E-state index < -0.39 is 0 Å². The number of thiophene rings is 1. The zero-order valence-electron chi connectivity index (χ0n) is 15.5. The van der Waals surface area contributed by atoms with Crippen LogP contribution in [0.15, 0.2) is 29.0 Å². The Morgan fingerprint density at radius 3 is 2.93 bits per heavy atom. The number of carbonyl (C=O) groups is 1. The predicted octanol–water partition coefficient (Wildman–Crippen LogP) is 5.66. The fraction of sp³-hybridized carbons (Fsp3) is 0.450. The van der Waals surface area contributed by atoms with E-state index in [-0.39, 0.29) is 5.91 Å². The topological polar surface area (TPSA) is 59.8 Å². The Hall–Kier alpha value is -1.99. The largest absolute Gasteiger partial charge is 0.311 e. The Balaban J connectivity index is 1.44. The summed E-state index contributed by atoms with van der Waals surface area (Å²) in [6.45, 7) is 1.93. The molecule has 7 heteroatoms. The minimum Gasteiger partial charge on any atom is -0.311 e. The van der Waals surface area contributed by atoms with Gasteiger partial charge >= 0.3 is 0 Å². The molecule has 1 N–H and O–H groups in total. The third-order valence-corrected chi connectivity index (χ3v) is 6.76. The number of anilines is 1. The van der Waals surface area contributed by atoms with Crippen molar-refractivity contribution in [2.45, 2.75) is 51.9 Å². The van der Waals surface area contributed by atoms with Gasteiger partial charge in [-0.25, -0.2) is 4.98 Å². The van der Waals surface area contributed by atoms with Gasteiger partial charge in [-0.15, -0.1) is 22.7 Å². The second-order valence-electron chi connectivity index (χ2n) is 7.17. The van der Waals surface area contributed by atoms with E-state index in [2.05, 4.69) is 16.5 Å². The number of hydrogen-bond acceptors (Lipinski definition) is 5. The third-order valence-electron chi connectivity index (χ3n) is 5.05. The smallest absolute Gasteiger partial charge is 0.225 e. The Morgan fingerprint density at radius 1 is 1.30 bits per heavy atom. The van der Waals surface area contributed by atoms with Crippen LogP contribution < -0.4 is 5.32 Å². The maximum atomic E-state index is 12.5. The highest BCUT2D eigenvalue weighted by atomic mass is 32.1. The SMILES string of the molecule is Cc1cc(NC(=O)CCC2CCCCC2)n(-c2nc(-c3cccs3)cs2)n1. The van der Waals surface area contributed by atoms with Gasteiger partial charge in [-0.2, -0.15) is 9.78 Å². The van der Waals surface area contributed by atoms with Gasteiger partial charge in [-0.05, 0) is 30.7 Å². The first-order valence-corrected chi connectivity index (χ1v) is 11.3. The summed E-state index contributed by atoms with van der Waals surface area (Å²) < 4.78 is 1.75. The van der Waals surface area contributed by atoms with Gasteiger partial charge in [0.25, 0.3) is 0 Å². The molecule has 1 saturated carbocycles. The Bertz CT molecular complexity index is 891. The summed E-state index contributed by atoms with van der Waals surface area (Å²) in [6.07, 6.45) is 8.09. The molecule has 0 aromatic carbocycles. The van der Waals surface area contributed by atoms with Crippen molar-refractivity contribution in [3.8, 4) is 15.7 Å². The zero-order valence-corrected chi connectivity index (χ0v) is 17.1. The van der Waals surface area contributed by atoms with Gasteiger partial charge < -0.3 is 5.32 Å². The van der Waals surface area contributed by atoms with Crippen molar-refractivity contribution in [1.82, 2.24) is 14.8 Å². The summed E-state index contributed by atoms with van der Waals surface area (Å²) in [7, 11) is 0. The third kappa shape index (κ3) is 4.47. The molecule has 1 fully saturated rings. The molecule has 3 aromatic rings. The molecule has 27 heavy (non-hydrogen) atoms. The molecule has 3 aromatic heterocycles. The Kier molecular flexibility index (Phi) is 5.69. The number of carbonyl (C=O) groups excluding carboxylic acids is 1. The highest BCUT2D eigenvalue weighted by Gasteiger charge is 2.17. The number of rotatable bonds is 6. The summed E-state index contributed by atoms with van der Waals surface area (Å²) in [6, 6.07) is 5.99. The second-order valence-corrected chi connectivity index (χ2v) is 8.95. The first-order valence-electron chi connectivity index (χ1n) is 9.55. The lowest BCUT2D eigenvalue weighted by Crippen LogP contribution is -2.17. The number of nitrogens with one attached hydrogen (secondary N) is 1. The highest BCUT2D eigenvalue weighted by molar-refractivity contribution is 7.15. The fourth-order valence-corrected chi connectivity index (χ4v) is 5.20. The molecule has 3 heterocycles. The van der Waals surface area contributed by atoms with E-state index in [0.717, 1.165) is 27.8 Å². The molecule has 0 spiro atoms. The van der Waals surface area contributed by atoms with Crippen LogP contribution in [-0.4, -0.2) is 20.7 Å². The van der Waals surface area contributed by atoms with E-state index in [1.54, 1.807) is 16.0 Å². The number of amides is 1. The van der Waals surface area contributed by atoms with Crippen LogP contribution >= 0.6 is 22.7 Å².